The Balaban J connectivity index is 1.81. The van der Waals surface area contributed by atoms with Gasteiger partial charge < -0.3 is 9.72 Å². The number of nitrogens with one attached hydrogen (secondary N) is 1. The van der Waals surface area contributed by atoms with Gasteiger partial charge in [-0.25, -0.2) is 4.98 Å². The topological polar surface area (TPSA) is 84.9 Å². The third-order valence-corrected chi connectivity index (χ3v) is 4.47. The highest BCUT2D eigenvalue weighted by atomic mass is 35.5. The lowest BCUT2D eigenvalue weighted by Gasteiger charge is -2.14. The summed E-state index contributed by atoms with van der Waals surface area (Å²) in [7, 11) is 1.55. The molecule has 4 rings (SSSR count). The van der Waals surface area contributed by atoms with Crippen molar-refractivity contribution in [3.8, 4) is 17.1 Å². The number of aromatic nitrogens is 3. The van der Waals surface area contributed by atoms with Gasteiger partial charge in [-0.2, -0.15) is 0 Å². The first kappa shape index (κ1) is 16.2. The first-order chi connectivity index (χ1) is 12.6. The van der Waals surface area contributed by atoms with Crippen LogP contribution in [0.15, 0.2) is 53.8 Å². The highest BCUT2D eigenvalue weighted by molar-refractivity contribution is 6.56. The average molecular weight is 366 g/mol. The number of ketones is 2. The molecule has 1 aliphatic rings. The van der Waals surface area contributed by atoms with E-state index >= 15 is 0 Å². The summed E-state index contributed by atoms with van der Waals surface area (Å²) in [5, 5.41) is -0.131. The molecular formula is C19H12ClN3O3. The van der Waals surface area contributed by atoms with E-state index in [2.05, 4.69) is 15.0 Å². The molecule has 2 heterocycles. The summed E-state index contributed by atoms with van der Waals surface area (Å²) in [4.78, 5) is 36.8. The van der Waals surface area contributed by atoms with Crippen LogP contribution in [0, 0.1) is 0 Å². The first-order valence-corrected chi connectivity index (χ1v) is 8.12. The fraction of sp³-hybridized carbons (Fsp3) is 0.0526. The second kappa shape index (κ2) is 6.24. The number of carbonyl (C=O) groups is 2. The minimum atomic E-state index is -0.463. The van der Waals surface area contributed by atoms with Crippen LogP contribution in [0.5, 0.6) is 5.75 Å². The van der Waals surface area contributed by atoms with Gasteiger partial charge in [0.15, 0.2) is 0 Å². The van der Waals surface area contributed by atoms with Crippen molar-refractivity contribution < 1.29 is 14.3 Å². The molecule has 0 bridgehead atoms. The fourth-order valence-electron chi connectivity index (χ4n) is 2.80. The summed E-state index contributed by atoms with van der Waals surface area (Å²) >= 11 is 6.24. The van der Waals surface area contributed by atoms with E-state index in [0.29, 0.717) is 22.7 Å². The Morgan fingerprint density at radius 3 is 2.46 bits per heavy atom. The number of imidazole rings is 1. The van der Waals surface area contributed by atoms with E-state index in [4.69, 9.17) is 16.3 Å². The molecule has 0 saturated heterocycles. The summed E-state index contributed by atoms with van der Waals surface area (Å²) in [6, 6.07) is 10.3. The van der Waals surface area contributed by atoms with Gasteiger partial charge >= 0.3 is 0 Å². The van der Waals surface area contributed by atoms with E-state index in [0.717, 1.165) is 0 Å². The van der Waals surface area contributed by atoms with Gasteiger partial charge in [0.25, 0.3) is 0 Å². The second-order valence-corrected chi connectivity index (χ2v) is 6.00. The first-order valence-electron chi connectivity index (χ1n) is 7.74. The zero-order valence-electron chi connectivity index (χ0n) is 13.6. The van der Waals surface area contributed by atoms with Crippen molar-refractivity contribution >= 4 is 28.7 Å². The van der Waals surface area contributed by atoms with E-state index in [1.165, 1.54) is 0 Å². The number of aromatic amines is 1. The molecule has 0 fully saturated rings. The van der Waals surface area contributed by atoms with Crippen molar-refractivity contribution in [2.45, 2.75) is 0 Å². The number of pyridine rings is 1. The lowest BCUT2D eigenvalue weighted by Crippen LogP contribution is -2.19. The van der Waals surface area contributed by atoms with Crippen LogP contribution in [0.3, 0.4) is 0 Å². The summed E-state index contributed by atoms with van der Waals surface area (Å²) < 4.78 is 5.12. The van der Waals surface area contributed by atoms with Gasteiger partial charge in [0.05, 0.1) is 12.7 Å². The Morgan fingerprint density at radius 2 is 1.81 bits per heavy atom. The molecular weight excluding hydrogens is 354 g/mol. The lowest BCUT2D eigenvalue weighted by atomic mass is 9.92. The van der Waals surface area contributed by atoms with Crippen LogP contribution < -0.4 is 4.74 Å². The van der Waals surface area contributed by atoms with E-state index in [1.54, 1.807) is 55.9 Å². The Labute approximate surface area is 153 Å². The quantitative estimate of drug-likeness (QED) is 0.767. The Bertz CT molecular complexity index is 1050. The number of hydrogen-bond acceptors (Lipinski definition) is 5. The van der Waals surface area contributed by atoms with E-state index in [9.17, 15) is 9.59 Å². The number of benzene rings is 1. The highest BCUT2D eigenvalue weighted by Crippen LogP contribution is 2.35. The molecule has 2 aromatic heterocycles. The van der Waals surface area contributed by atoms with Crippen LogP contribution >= 0.6 is 11.6 Å². The molecule has 1 aliphatic carbocycles. The monoisotopic (exact) mass is 365 g/mol. The van der Waals surface area contributed by atoms with Crippen LogP contribution in [0.4, 0.5) is 0 Å². The van der Waals surface area contributed by atoms with Gasteiger partial charge in [-0.1, -0.05) is 23.7 Å². The number of ether oxygens (including phenoxy) is 1. The zero-order valence-corrected chi connectivity index (χ0v) is 14.4. The molecule has 6 nitrogen and oxygen atoms in total. The Hall–Kier alpha value is -3.25. The van der Waals surface area contributed by atoms with E-state index in [1.807, 2.05) is 0 Å². The standard InChI is InChI=1S/C19H12ClN3O3/c1-26-12-6-4-10(5-7-12)13-14(20)18(25)16-15(17(13)24)22-19(23-16)11-3-2-8-21-9-11/h2-9H,1H3,(H,22,23). The maximum Gasteiger partial charge on any atom is 0.223 e. The molecule has 0 aliphatic heterocycles. The second-order valence-electron chi connectivity index (χ2n) is 5.63. The van der Waals surface area contributed by atoms with Gasteiger partial charge in [-0.05, 0) is 29.8 Å². The van der Waals surface area contributed by atoms with Crippen molar-refractivity contribution in [1.29, 1.82) is 0 Å². The Morgan fingerprint density at radius 1 is 1.04 bits per heavy atom. The summed E-state index contributed by atoms with van der Waals surface area (Å²) in [5.74, 6) is 0.167. The van der Waals surface area contributed by atoms with Crippen molar-refractivity contribution in [2.24, 2.45) is 0 Å². The molecule has 1 N–H and O–H groups in total. The van der Waals surface area contributed by atoms with Crippen molar-refractivity contribution in [3.63, 3.8) is 0 Å². The lowest BCUT2D eigenvalue weighted by molar-refractivity contribution is 0.0993. The smallest absolute Gasteiger partial charge is 0.223 e. The van der Waals surface area contributed by atoms with E-state index in [-0.39, 0.29) is 22.0 Å². The number of rotatable bonds is 3. The maximum atomic E-state index is 12.9. The largest absolute Gasteiger partial charge is 0.497 e. The van der Waals surface area contributed by atoms with Crippen molar-refractivity contribution in [1.82, 2.24) is 15.0 Å². The molecule has 7 heteroatoms. The minimum Gasteiger partial charge on any atom is -0.497 e. The van der Waals surface area contributed by atoms with Crippen molar-refractivity contribution in [2.75, 3.05) is 7.11 Å². The Kier molecular flexibility index (Phi) is 3.89. The molecule has 26 heavy (non-hydrogen) atoms. The maximum absolute atomic E-state index is 12.9. The molecule has 0 amide bonds. The number of allylic oxidation sites excluding steroid dienone is 2. The number of fused-ring (bicyclic) bond motifs is 1. The average Bonchev–Trinajstić information content (AvgIpc) is 3.14. The molecule has 0 radical (unpaired) electrons. The molecule has 128 valence electrons. The van der Waals surface area contributed by atoms with Gasteiger partial charge in [0, 0.05) is 18.0 Å². The van der Waals surface area contributed by atoms with Crippen LogP contribution in [0.25, 0.3) is 17.0 Å². The third kappa shape index (κ3) is 2.51. The van der Waals surface area contributed by atoms with Crippen molar-refractivity contribution in [3.05, 3.63) is 70.8 Å². The van der Waals surface area contributed by atoms with Gasteiger partial charge in [0.2, 0.25) is 11.6 Å². The summed E-state index contributed by atoms with van der Waals surface area (Å²) in [6.07, 6.45) is 3.22. The van der Waals surface area contributed by atoms with Gasteiger partial charge in [-0.3, -0.25) is 14.6 Å². The molecule has 0 spiro atoms. The number of hydrogen-bond donors (Lipinski definition) is 1. The van der Waals surface area contributed by atoms with Crippen LogP contribution in [0.1, 0.15) is 26.5 Å². The summed E-state index contributed by atoms with van der Waals surface area (Å²) in [5.41, 5.74) is 1.49. The molecule has 1 aromatic carbocycles. The van der Waals surface area contributed by atoms with Gasteiger partial charge in [-0.15, -0.1) is 0 Å². The van der Waals surface area contributed by atoms with Crippen LogP contribution in [-0.4, -0.2) is 33.6 Å². The molecule has 3 aromatic rings. The predicted octanol–water partition coefficient (Wildman–Crippen LogP) is 3.51. The molecule has 0 saturated carbocycles. The molecule has 0 unspecified atom stereocenters. The molecule has 0 atom stereocenters. The number of H-pyrrole nitrogens is 1. The van der Waals surface area contributed by atoms with E-state index < -0.39 is 11.6 Å². The predicted molar refractivity (Wildman–Crippen MR) is 96.2 cm³/mol. The fourth-order valence-corrected chi connectivity index (χ4v) is 3.09. The minimum absolute atomic E-state index is 0.0593. The number of methoxy groups -OCH3 is 1. The SMILES string of the molecule is COc1ccc(C2=C(Cl)C(=O)c3[nH]c(-c4cccnc4)nc3C2=O)cc1. The third-order valence-electron chi connectivity index (χ3n) is 4.11. The van der Waals surface area contributed by atoms with Crippen LogP contribution in [-0.2, 0) is 0 Å². The number of carbonyl (C=O) groups excluding carboxylic acids is 2. The number of halogens is 1. The number of nitrogens with zero attached hydrogens (tertiary/aromatic N) is 2. The zero-order chi connectivity index (χ0) is 18.3. The summed E-state index contributed by atoms with van der Waals surface area (Å²) in [6.45, 7) is 0. The van der Waals surface area contributed by atoms with Gasteiger partial charge in [0.1, 0.15) is 28.0 Å². The highest BCUT2D eigenvalue weighted by Gasteiger charge is 2.35. The normalized spacial score (nSPS) is 13.8. The van der Waals surface area contributed by atoms with Crippen LogP contribution in [0.2, 0.25) is 0 Å². The number of Topliss-reactive ketones (excluding diaryl/α,β-unsaturated/α-hetero) is 2.